The molecule has 0 aliphatic heterocycles. The maximum atomic E-state index is 12.4. The van der Waals surface area contributed by atoms with E-state index in [-0.39, 0.29) is 4.75 Å². The second-order valence-electron chi connectivity index (χ2n) is 5.40. The van der Waals surface area contributed by atoms with Gasteiger partial charge in [0.1, 0.15) is 5.78 Å². The number of rotatable bonds is 5. The van der Waals surface area contributed by atoms with Crippen LogP contribution in [0.25, 0.3) is 10.2 Å². The summed E-state index contributed by atoms with van der Waals surface area (Å²) in [6, 6.07) is 8.18. The fraction of sp³-hybridized carbons (Fsp3) is 0.412. The highest BCUT2D eigenvalue weighted by Gasteiger charge is 2.42. The summed E-state index contributed by atoms with van der Waals surface area (Å²) in [5, 5.41) is 0. The monoisotopic (exact) mass is 317 g/mol. The Bertz CT molecular complexity index is 643. The summed E-state index contributed by atoms with van der Waals surface area (Å²) in [5.74, 6) is 0.396. The number of ketones is 1. The number of aromatic nitrogens is 1. The van der Waals surface area contributed by atoms with Crippen LogP contribution < -0.4 is 0 Å². The molecule has 1 aromatic heterocycles. The molecule has 0 amide bonds. The molecule has 4 heteroatoms. The first-order valence-electron chi connectivity index (χ1n) is 7.46. The largest absolute Gasteiger partial charge is 0.298 e. The molecule has 1 fully saturated rings. The van der Waals surface area contributed by atoms with Crippen LogP contribution in [-0.2, 0) is 4.79 Å². The average molecular weight is 317 g/mol. The van der Waals surface area contributed by atoms with Crippen molar-refractivity contribution in [3.05, 3.63) is 36.4 Å². The van der Waals surface area contributed by atoms with Gasteiger partial charge >= 0.3 is 0 Å². The highest BCUT2D eigenvalue weighted by Crippen LogP contribution is 2.47. The number of hydrogen-bond acceptors (Lipinski definition) is 4. The Kier molecular flexibility index (Phi) is 4.45. The second kappa shape index (κ2) is 6.32. The Morgan fingerprint density at radius 3 is 2.95 bits per heavy atom. The summed E-state index contributed by atoms with van der Waals surface area (Å²) in [4.78, 5) is 17.1. The van der Waals surface area contributed by atoms with Crippen molar-refractivity contribution in [3.63, 3.8) is 0 Å². The molecule has 1 aliphatic rings. The SMILES string of the molecule is CCC=CCC1(Sc2nc3ccccc3s2)CCCC1=O. The van der Waals surface area contributed by atoms with Crippen molar-refractivity contribution in [2.75, 3.05) is 0 Å². The standard InChI is InChI=1S/C17H19NOS2/c1-2-3-6-11-17(12-7-10-15(17)19)21-16-18-13-8-4-5-9-14(13)20-16/h3-6,8-9H,2,7,10-12H2,1H3. The lowest BCUT2D eigenvalue weighted by atomic mass is 10.0. The normalized spacial score (nSPS) is 22.6. The van der Waals surface area contributed by atoms with Gasteiger partial charge in [0.2, 0.25) is 0 Å². The Hall–Kier alpha value is -1.13. The molecule has 21 heavy (non-hydrogen) atoms. The number of Topliss-reactive ketones (excluding diaryl/α,β-unsaturated/α-hetero) is 1. The van der Waals surface area contributed by atoms with Gasteiger partial charge in [0.25, 0.3) is 0 Å². The maximum absolute atomic E-state index is 12.4. The van der Waals surface area contributed by atoms with Gasteiger partial charge in [-0.25, -0.2) is 4.98 Å². The number of nitrogens with zero attached hydrogens (tertiary/aromatic N) is 1. The summed E-state index contributed by atoms with van der Waals surface area (Å²) < 4.78 is 1.94. The molecule has 0 saturated heterocycles. The highest BCUT2D eigenvalue weighted by atomic mass is 32.2. The molecule has 0 N–H and O–H groups in total. The maximum Gasteiger partial charge on any atom is 0.152 e. The number of benzene rings is 1. The Morgan fingerprint density at radius 1 is 1.38 bits per heavy atom. The molecule has 1 unspecified atom stereocenters. The fourth-order valence-corrected chi connectivity index (χ4v) is 5.50. The van der Waals surface area contributed by atoms with E-state index >= 15 is 0 Å². The summed E-state index contributed by atoms with van der Waals surface area (Å²) >= 11 is 3.39. The molecule has 0 spiro atoms. The fourth-order valence-electron chi connectivity index (χ4n) is 2.77. The van der Waals surface area contributed by atoms with Gasteiger partial charge in [-0.15, -0.1) is 11.3 Å². The summed E-state index contributed by atoms with van der Waals surface area (Å²) in [5.41, 5.74) is 1.04. The van der Waals surface area contributed by atoms with Crippen LogP contribution in [0.5, 0.6) is 0 Å². The Morgan fingerprint density at radius 2 is 2.24 bits per heavy atom. The van der Waals surface area contributed by atoms with Crippen molar-refractivity contribution in [2.45, 2.75) is 48.1 Å². The third-order valence-corrected chi connectivity index (χ3v) is 6.49. The van der Waals surface area contributed by atoms with Crippen LogP contribution in [0.2, 0.25) is 0 Å². The number of allylic oxidation sites excluding steroid dienone is 2. The predicted molar refractivity (Wildman–Crippen MR) is 91.1 cm³/mol. The van der Waals surface area contributed by atoms with Crippen LogP contribution in [0.1, 0.15) is 39.0 Å². The van der Waals surface area contributed by atoms with Gasteiger partial charge in [0.05, 0.1) is 15.0 Å². The Labute approximate surface area is 133 Å². The number of carbonyl (C=O) groups is 1. The first-order chi connectivity index (χ1) is 10.2. The van der Waals surface area contributed by atoms with Crippen molar-refractivity contribution in [1.82, 2.24) is 4.98 Å². The van der Waals surface area contributed by atoms with Crippen molar-refractivity contribution in [3.8, 4) is 0 Å². The molecular formula is C17H19NOS2. The van der Waals surface area contributed by atoms with Crippen LogP contribution in [-0.4, -0.2) is 15.5 Å². The predicted octanol–water partition coefficient (Wildman–Crippen LogP) is 5.24. The first kappa shape index (κ1) is 14.8. The number of thioether (sulfide) groups is 1. The van der Waals surface area contributed by atoms with E-state index in [4.69, 9.17) is 0 Å². The van der Waals surface area contributed by atoms with Crippen LogP contribution in [0.15, 0.2) is 40.8 Å². The molecule has 1 aliphatic carbocycles. The van der Waals surface area contributed by atoms with Gasteiger partial charge in [0.15, 0.2) is 4.34 Å². The third kappa shape index (κ3) is 3.06. The summed E-state index contributed by atoms with van der Waals surface area (Å²) in [7, 11) is 0. The van der Waals surface area contributed by atoms with Crippen LogP contribution >= 0.6 is 23.1 Å². The van der Waals surface area contributed by atoms with E-state index in [1.54, 1.807) is 23.1 Å². The first-order valence-corrected chi connectivity index (χ1v) is 9.10. The minimum atomic E-state index is -0.278. The van der Waals surface area contributed by atoms with E-state index < -0.39 is 0 Å². The van der Waals surface area contributed by atoms with Gasteiger partial charge < -0.3 is 0 Å². The highest BCUT2D eigenvalue weighted by molar-refractivity contribution is 8.03. The number of fused-ring (bicyclic) bond motifs is 1. The molecule has 2 aromatic rings. The van der Waals surface area contributed by atoms with Gasteiger partial charge in [-0.3, -0.25) is 4.79 Å². The van der Waals surface area contributed by atoms with Crippen molar-refractivity contribution >= 4 is 39.1 Å². The van der Waals surface area contributed by atoms with E-state index in [0.29, 0.717) is 5.78 Å². The lowest BCUT2D eigenvalue weighted by Crippen LogP contribution is -2.28. The van der Waals surface area contributed by atoms with E-state index in [2.05, 4.69) is 30.1 Å². The third-order valence-electron chi connectivity index (χ3n) is 3.90. The minimum absolute atomic E-state index is 0.278. The molecule has 1 atom stereocenters. The summed E-state index contributed by atoms with van der Waals surface area (Å²) in [6.45, 7) is 2.13. The van der Waals surface area contributed by atoms with Gasteiger partial charge in [-0.1, -0.05) is 43.0 Å². The van der Waals surface area contributed by atoms with E-state index in [9.17, 15) is 4.79 Å². The molecular weight excluding hydrogens is 298 g/mol. The van der Waals surface area contributed by atoms with E-state index in [1.807, 2.05) is 18.2 Å². The molecule has 1 aromatic carbocycles. The zero-order valence-electron chi connectivity index (χ0n) is 12.2. The van der Waals surface area contributed by atoms with Crippen molar-refractivity contribution < 1.29 is 4.79 Å². The molecule has 1 saturated carbocycles. The Balaban J connectivity index is 1.87. The van der Waals surface area contributed by atoms with Crippen LogP contribution in [0.4, 0.5) is 0 Å². The molecule has 2 nitrogen and oxygen atoms in total. The molecule has 3 rings (SSSR count). The summed E-state index contributed by atoms with van der Waals surface area (Å²) in [6.07, 6.45) is 8.89. The molecule has 0 bridgehead atoms. The van der Waals surface area contributed by atoms with E-state index in [0.717, 1.165) is 42.0 Å². The quantitative estimate of drug-likeness (QED) is 0.707. The van der Waals surface area contributed by atoms with Crippen LogP contribution in [0, 0.1) is 0 Å². The topological polar surface area (TPSA) is 30.0 Å². The number of hydrogen-bond donors (Lipinski definition) is 0. The average Bonchev–Trinajstić information content (AvgIpc) is 3.03. The number of thiazole rings is 1. The zero-order chi connectivity index (χ0) is 14.7. The number of para-hydroxylation sites is 1. The molecule has 0 radical (unpaired) electrons. The van der Waals surface area contributed by atoms with Crippen molar-refractivity contribution in [2.24, 2.45) is 0 Å². The second-order valence-corrected chi connectivity index (χ2v) is 8.07. The van der Waals surface area contributed by atoms with Crippen LogP contribution in [0.3, 0.4) is 0 Å². The smallest absolute Gasteiger partial charge is 0.152 e. The van der Waals surface area contributed by atoms with Gasteiger partial charge in [-0.2, -0.15) is 0 Å². The van der Waals surface area contributed by atoms with Crippen molar-refractivity contribution in [1.29, 1.82) is 0 Å². The minimum Gasteiger partial charge on any atom is -0.298 e. The zero-order valence-corrected chi connectivity index (χ0v) is 13.8. The lowest BCUT2D eigenvalue weighted by molar-refractivity contribution is -0.119. The van der Waals surface area contributed by atoms with Gasteiger partial charge in [0, 0.05) is 6.42 Å². The lowest BCUT2D eigenvalue weighted by Gasteiger charge is -2.23. The van der Waals surface area contributed by atoms with Gasteiger partial charge in [-0.05, 0) is 37.8 Å². The van der Waals surface area contributed by atoms with E-state index in [1.165, 1.54) is 4.70 Å². The molecule has 1 heterocycles. The molecule has 110 valence electrons. The number of carbonyl (C=O) groups excluding carboxylic acids is 1.